The van der Waals surface area contributed by atoms with Gasteiger partial charge in [-0.1, -0.05) is 6.92 Å². The normalized spacial score (nSPS) is 45.4. The molecule has 5 heteroatoms. The lowest BCUT2D eigenvalue weighted by Crippen LogP contribution is -2.53. The third kappa shape index (κ3) is 2.57. The van der Waals surface area contributed by atoms with Crippen LogP contribution in [0.15, 0.2) is 11.4 Å². The molecule has 0 aromatic heterocycles. The summed E-state index contributed by atoms with van der Waals surface area (Å²) in [6.07, 6.45) is 7.10. The first-order valence-corrected chi connectivity index (χ1v) is 10.8. The molecular formula is C22H31FO4. The van der Waals surface area contributed by atoms with E-state index >= 15 is 4.39 Å². The maximum atomic E-state index is 15.2. The number of hydrogen-bond donors (Lipinski definition) is 0. The van der Waals surface area contributed by atoms with E-state index in [1.54, 1.807) is 0 Å². The number of ether oxygens (including phenoxy) is 3. The van der Waals surface area contributed by atoms with Gasteiger partial charge >= 0.3 is 5.97 Å². The standard InChI is InChI=1S/C22H31FO4/c1-13(24)27-14-3-4-15-16-5-7-21(2)19(6-8-22(21)25-9-10-26-22)17(16)12-20(23)18(15)11-14/h14-17,19H,3-12H2,1-2H3. The van der Waals surface area contributed by atoms with Crippen LogP contribution in [0.4, 0.5) is 4.39 Å². The summed E-state index contributed by atoms with van der Waals surface area (Å²) in [6, 6.07) is 0. The lowest BCUT2D eigenvalue weighted by Gasteiger charge is -2.55. The van der Waals surface area contributed by atoms with Crippen LogP contribution in [0, 0.1) is 29.1 Å². The van der Waals surface area contributed by atoms with Crippen LogP contribution in [-0.2, 0) is 19.0 Å². The van der Waals surface area contributed by atoms with Crippen LogP contribution in [0.2, 0.25) is 0 Å². The van der Waals surface area contributed by atoms with Crippen molar-refractivity contribution in [1.29, 1.82) is 0 Å². The highest BCUT2D eigenvalue weighted by atomic mass is 19.1. The van der Waals surface area contributed by atoms with Crippen LogP contribution in [-0.4, -0.2) is 31.1 Å². The highest BCUT2D eigenvalue weighted by Gasteiger charge is 2.65. The van der Waals surface area contributed by atoms with Crippen molar-refractivity contribution in [2.45, 2.75) is 77.1 Å². The number of rotatable bonds is 1. The monoisotopic (exact) mass is 378 g/mol. The number of esters is 1. The number of halogens is 1. The van der Waals surface area contributed by atoms with Gasteiger partial charge in [-0.2, -0.15) is 0 Å². The second-order valence-corrected chi connectivity index (χ2v) is 9.63. The molecule has 4 fully saturated rings. The quantitative estimate of drug-likeness (QED) is 0.629. The number of fused-ring (bicyclic) bond motifs is 6. The molecule has 3 saturated carbocycles. The van der Waals surface area contributed by atoms with E-state index in [9.17, 15) is 4.79 Å². The first-order chi connectivity index (χ1) is 12.9. The number of allylic oxidation sites excluding steroid dienone is 1. The summed E-state index contributed by atoms with van der Waals surface area (Å²) in [5, 5.41) is 0. The highest BCUT2D eigenvalue weighted by Crippen LogP contribution is 2.67. The van der Waals surface area contributed by atoms with Crippen molar-refractivity contribution < 1.29 is 23.4 Å². The average molecular weight is 378 g/mol. The molecule has 1 heterocycles. The molecule has 0 amide bonds. The molecule has 4 nitrogen and oxygen atoms in total. The Labute approximate surface area is 160 Å². The molecule has 150 valence electrons. The molecule has 27 heavy (non-hydrogen) atoms. The largest absolute Gasteiger partial charge is 0.462 e. The second-order valence-electron chi connectivity index (χ2n) is 9.63. The van der Waals surface area contributed by atoms with Crippen LogP contribution in [0.25, 0.3) is 0 Å². The molecule has 6 unspecified atom stereocenters. The van der Waals surface area contributed by atoms with E-state index in [4.69, 9.17) is 14.2 Å². The first kappa shape index (κ1) is 18.1. The van der Waals surface area contributed by atoms with Crippen LogP contribution in [0.3, 0.4) is 0 Å². The van der Waals surface area contributed by atoms with Crippen molar-refractivity contribution in [2.24, 2.45) is 29.1 Å². The van der Waals surface area contributed by atoms with E-state index in [-0.39, 0.29) is 23.3 Å². The summed E-state index contributed by atoms with van der Waals surface area (Å²) in [6.45, 7) is 5.16. The molecule has 1 spiro atoms. The van der Waals surface area contributed by atoms with E-state index in [0.717, 1.165) is 44.1 Å². The molecule has 0 radical (unpaired) electrons. The van der Waals surface area contributed by atoms with Crippen LogP contribution >= 0.6 is 0 Å². The summed E-state index contributed by atoms with van der Waals surface area (Å²) >= 11 is 0. The van der Waals surface area contributed by atoms with Gasteiger partial charge in [0.1, 0.15) is 6.10 Å². The molecule has 5 rings (SSSR count). The maximum absolute atomic E-state index is 15.2. The molecule has 0 N–H and O–H groups in total. The van der Waals surface area contributed by atoms with Crippen molar-refractivity contribution in [3.8, 4) is 0 Å². The molecule has 4 aliphatic carbocycles. The summed E-state index contributed by atoms with van der Waals surface area (Å²) < 4.78 is 33.0. The van der Waals surface area contributed by atoms with Crippen molar-refractivity contribution in [3.63, 3.8) is 0 Å². The van der Waals surface area contributed by atoms with Crippen LogP contribution < -0.4 is 0 Å². The zero-order valence-corrected chi connectivity index (χ0v) is 16.5. The van der Waals surface area contributed by atoms with Crippen molar-refractivity contribution in [2.75, 3.05) is 13.2 Å². The molecule has 1 saturated heterocycles. The van der Waals surface area contributed by atoms with Crippen LogP contribution in [0.1, 0.15) is 65.2 Å². The van der Waals surface area contributed by atoms with Gasteiger partial charge in [0.25, 0.3) is 0 Å². The predicted octanol–water partition coefficient (Wildman–Crippen LogP) is 4.53. The molecule has 0 bridgehead atoms. The van der Waals surface area contributed by atoms with Crippen molar-refractivity contribution in [1.82, 2.24) is 0 Å². The minimum atomic E-state index is -0.421. The second kappa shape index (κ2) is 6.28. The Morgan fingerprint density at radius 3 is 2.59 bits per heavy atom. The summed E-state index contributed by atoms with van der Waals surface area (Å²) in [4.78, 5) is 11.3. The van der Waals surface area contributed by atoms with Gasteiger partial charge < -0.3 is 14.2 Å². The van der Waals surface area contributed by atoms with E-state index in [1.807, 2.05) is 0 Å². The Balaban J connectivity index is 1.41. The topological polar surface area (TPSA) is 44.8 Å². The van der Waals surface area contributed by atoms with Gasteiger partial charge in [0.2, 0.25) is 0 Å². The fourth-order valence-corrected chi connectivity index (χ4v) is 7.49. The van der Waals surface area contributed by atoms with Gasteiger partial charge in [-0.25, -0.2) is 4.39 Å². The summed E-state index contributed by atoms with van der Waals surface area (Å²) in [7, 11) is 0. The van der Waals surface area contributed by atoms with Gasteiger partial charge in [-0.15, -0.1) is 0 Å². The smallest absolute Gasteiger partial charge is 0.302 e. The van der Waals surface area contributed by atoms with Gasteiger partial charge in [-0.05, 0) is 61.3 Å². The van der Waals surface area contributed by atoms with Gasteiger partial charge in [0.15, 0.2) is 5.79 Å². The number of carbonyl (C=O) groups excluding carboxylic acids is 1. The fourth-order valence-electron chi connectivity index (χ4n) is 7.49. The van der Waals surface area contributed by atoms with Gasteiger partial charge in [0.05, 0.1) is 19.0 Å². The van der Waals surface area contributed by atoms with Crippen molar-refractivity contribution >= 4 is 5.97 Å². The van der Waals surface area contributed by atoms with E-state index in [2.05, 4.69) is 6.92 Å². The van der Waals surface area contributed by atoms with Gasteiger partial charge in [-0.3, -0.25) is 4.79 Å². The Bertz CT molecular complexity index is 667. The van der Waals surface area contributed by atoms with E-state index in [0.29, 0.717) is 49.7 Å². The Morgan fingerprint density at radius 2 is 1.85 bits per heavy atom. The lowest BCUT2D eigenvalue weighted by molar-refractivity contribution is -0.240. The van der Waals surface area contributed by atoms with Gasteiger partial charge in [0, 0.05) is 31.6 Å². The molecule has 0 aromatic rings. The maximum Gasteiger partial charge on any atom is 0.302 e. The lowest BCUT2D eigenvalue weighted by atomic mass is 9.52. The molecule has 6 atom stereocenters. The third-order valence-corrected chi connectivity index (χ3v) is 8.60. The van der Waals surface area contributed by atoms with Crippen LogP contribution in [0.5, 0.6) is 0 Å². The van der Waals surface area contributed by atoms with Crippen molar-refractivity contribution in [3.05, 3.63) is 11.4 Å². The molecule has 5 aliphatic rings. The minimum Gasteiger partial charge on any atom is -0.462 e. The Morgan fingerprint density at radius 1 is 1.07 bits per heavy atom. The first-order valence-electron chi connectivity index (χ1n) is 10.8. The Kier molecular flexibility index (Phi) is 4.21. The third-order valence-electron chi connectivity index (χ3n) is 8.60. The van der Waals surface area contributed by atoms with E-state index in [1.165, 1.54) is 6.92 Å². The predicted molar refractivity (Wildman–Crippen MR) is 97.3 cm³/mol. The fraction of sp³-hybridized carbons (Fsp3) is 0.864. The van der Waals surface area contributed by atoms with E-state index < -0.39 is 5.79 Å². The average Bonchev–Trinajstić information content (AvgIpc) is 3.22. The number of hydrogen-bond acceptors (Lipinski definition) is 4. The zero-order chi connectivity index (χ0) is 18.8. The number of carbonyl (C=O) groups is 1. The minimum absolute atomic E-state index is 0.0113. The summed E-state index contributed by atoms with van der Waals surface area (Å²) in [5.41, 5.74) is 0.968. The zero-order valence-electron chi connectivity index (χ0n) is 16.5. The highest BCUT2D eigenvalue weighted by molar-refractivity contribution is 5.66. The summed E-state index contributed by atoms with van der Waals surface area (Å²) in [5.74, 6) is 1.18. The SMILES string of the molecule is CC(=O)OC1CCC2C(=C(F)CC3C2CCC2(C)C3CCC23OCCO3)C1. The Hall–Kier alpha value is -0.940. The molecule has 1 aliphatic heterocycles. The molecular weight excluding hydrogens is 347 g/mol. The molecule has 0 aromatic carbocycles.